The average molecular weight is 315 g/mol. The SMILES string of the molecule is CCSc1cccc(Sc2cccc(C(=O)O)c2)c1C#N. The van der Waals surface area contributed by atoms with Gasteiger partial charge in [0.1, 0.15) is 6.07 Å². The van der Waals surface area contributed by atoms with Crippen molar-refractivity contribution in [1.82, 2.24) is 0 Å². The maximum absolute atomic E-state index is 11.0. The van der Waals surface area contributed by atoms with Crippen LogP contribution in [0.5, 0.6) is 0 Å². The summed E-state index contributed by atoms with van der Waals surface area (Å²) in [7, 11) is 0. The zero-order valence-corrected chi connectivity index (χ0v) is 13.0. The van der Waals surface area contributed by atoms with Gasteiger partial charge in [0.25, 0.3) is 0 Å². The number of rotatable bonds is 5. The van der Waals surface area contributed by atoms with Crippen LogP contribution in [0.15, 0.2) is 57.2 Å². The van der Waals surface area contributed by atoms with Gasteiger partial charge in [-0.05, 0) is 36.1 Å². The Hall–Kier alpha value is -1.90. The van der Waals surface area contributed by atoms with Crippen molar-refractivity contribution in [3.63, 3.8) is 0 Å². The molecule has 0 bridgehead atoms. The van der Waals surface area contributed by atoms with Crippen LogP contribution >= 0.6 is 23.5 Å². The van der Waals surface area contributed by atoms with Crippen LogP contribution in [-0.4, -0.2) is 16.8 Å². The lowest BCUT2D eigenvalue weighted by atomic mass is 10.2. The van der Waals surface area contributed by atoms with Crippen LogP contribution in [-0.2, 0) is 0 Å². The molecule has 0 aliphatic rings. The van der Waals surface area contributed by atoms with Crippen molar-refractivity contribution in [2.45, 2.75) is 21.6 Å². The fraction of sp³-hybridized carbons (Fsp3) is 0.125. The minimum absolute atomic E-state index is 0.248. The molecule has 0 atom stereocenters. The van der Waals surface area contributed by atoms with Crippen molar-refractivity contribution < 1.29 is 9.90 Å². The van der Waals surface area contributed by atoms with E-state index in [4.69, 9.17) is 5.11 Å². The van der Waals surface area contributed by atoms with E-state index in [0.29, 0.717) is 5.56 Å². The molecule has 0 saturated heterocycles. The Morgan fingerprint density at radius 3 is 2.62 bits per heavy atom. The number of carboxylic acid groups (broad SMARTS) is 1. The van der Waals surface area contributed by atoms with Crippen molar-refractivity contribution in [2.24, 2.45) is 0 Å². The first-order valence-corrected chi connectivity index (χ1v) is 8.13. The third-order valence-electron chi connectivity index (χ3n) is 2.71. The van der Waals surface area contributed by atoms with Gasteiger partial charge >= 0.3 is 5.97 Å². The lowest BCUT2D eigenvalue weighted by Gasteiger charge is -2.08. The van der Waals surface area contributed by atoms with Gasteiger partial charge in [0.05, 0.1) is 11.1 Å². The number of carbonyl (C=O) groups is 1. The van der Waals surface area contributed by atoms with E-state index in [9.17, 15) is 10.1 Å². The second kappa shape index (κ2) is 7.21. The van der Waals surface area contributed by atoms with Gasteiger partial charge in [-0.1, -0.05) is 30.8 Å². The molecule has 0 saturated carbocycles. The molecule has 0 fully saturated rings. The molecule has 3 nitrogen and oxygen atoms in total. The normalized spacial score (nSPS) is 10.1. The molecule has 0 aromatic heterocycles. The summed E-state index contributed by atoms with van der Waals surface area (Å²) in [5, 5.41) is 18.4. The summed E-state index contributed by atoms with van der Waals surface area (Å²) in [6.07, 6.45) is 0. The smallest absolute Gasteiger partial charge is 0.335 e. The fourth-order valence-corrected chi connectivity index (χ4v) is 3.64. The summed E-state index contributed by atoms with van der Waals surface area (Å²) in [5.41, 5.74) is 0.896. The fourth-order valence-electron chi connectivity index (χ4n) is 1.80. The number of nitriles is 1. The lowest BCUT2D eigenvalue weighted by Crippen LogP contribution is -1.95. The van der Waals surface area contributed by atoms with E-state index in [1.54, 1.807) is 30.0 Å². The summed E-state index contributed by atoms with van der Waals surface area (Å²) < 4.78 is 0. The van der Waals surface area contributed by atoms with E-state index in [0.717, 1.165) is 20.4 Å². The molecule has 0 amide bonds. The first-order valence-electron chi connectivity index (χ1n) is 6.32. The van der Waals surface area contributed by atoms with Crippen molar-refractivity contribution in [2.75, 3.05) is 5.75 Å². The Morgan fingerprint density at radius 1 is 1.24 bits per heavy atom. The molecule has 21 heavy (non-hydrogen) atoms. The number of hydrogen-bond acceptors (Lipinski definition) is 4. The van der Waals surface area contributed by atoms with Gasteiger partial charge in [-0.2, -0.15) is 5.26 Å². The molecule has 0 radical (unpaired) electrons. The molecule has 2 aromatic rings. The minimum Gasteiger partial charge on any atom is -0.478 e. The average Bonchev–Trinajstić information content (AvgIpc) is 2.48. The maximum Gasteiger partial charge on any atom is 0.335 e. The molecule has 0 spiro atoms. The Balaban J connectivity index is 2.36. The molecule has 106 valence electrons. The number of benzene rings is 2. The Kier molecular flexibility index (Phi) is 5.32. The third kappa shape index (κ3) is 3.81. The topological polar surface area (TPSA) is 61.1 Å². The third-order valence-corrected chi connectivity index (χ3v) is 4.70. The highest BCUT2D eigenvalue weighted by atomic mass is 32.2. The second-order valence-electron chi connectivity index (χ2n) is 4.11. The lowest BCUT2D eigenvalue weighted by molar-refractivity contribution is 0.0696. The highest BCUT2D eigenvalue weighted by Crippen LogP contribution is 2.35. The maximum atomic E-state index is 11.0. The molecule has 5 heteroatoms. The molecule has 2 aromatic carbocycles. The van der Waals surface area contributed by atoms with Crippen molar-refractivity contribution in [3.05, 3.63) is 53.6 Å². The summed E-state index contributed by atoms with van der Waals surface area (Å²) in [5.74, 6) is -0.0506. The van der Waals surface area contributed by atoms with Crippen LogP contribution in [0.4, 0.5) is 0 Å². The monoisotopic (exact) mass is 315 g/mol. The first kappa shape index (κ1) is 15.5. The van der Waals surface area contributed by atoms with Crippen molar-refractivity contribution in [1.29, 1.82) is 5.26 Å². The number of carboxylic acids is 1. The van der Waals surface area contributed by atoms with Gasteiger partial charge in [-0.15, -0.1) is 11.8 Å². The van der Waals surface area contributed by atoms with Gasteiger partial charge in [0.2, 0.25) is 0 Å². The number of hydrogen-bond donors (Lipinski definition) is 1. The number of nitrogens with zero attached hydrogens (tertiary/aromatic N) is 1. The Labute approximate surface area is 132 Å². The van der Waals surface area contributed by atoms with E-state index in [2.05, 4.69) is 6.07 Å². The Morgan fingerprint density at radius 2 is 1.95 bits per heavy atom. The second-order valence-corrected chi connectivity index (χ2v) is 6.53. The molecule has 0 aliphatic heterocycles. The molecule has 0 heterocycles. The highest BCUT2D eigenvalue weighted by molar-refractivity contribution is 8.00. The minimum atomic E-state index is -0.951. The van der Waals surface area contributed by atoms with Crippen LogP contribution in [0.2, 0.25) is 0 Å². The van der Waals surface area contributed by atoms with Crippen molar-refractivity contribution in [3.8, 4) is 6.07 Å². The number of aromatic carboxylic acids is 1. The van der Waals surface area contributed by atoms with E-state index in [1.165, 1.54) is 11.8 Å². The van der Waals surface area contributed by atoms with Crippen LogP contribution in [0.1, 0.15) is 22.8 Å². The van der Waals surface area contributed by atoms with E-state index in [1.807, 2.05) is 31.2 Å². The van der Waals surface area contributed by atoms with E-state index < -0.39 is 5.97 Å². The van der Waals surface area contributed by atoms with E-state index in [-0.39, 0.29) is 5.56 Å². The van der Waals surface area contributed by atoms with Crippen LogP contribution in [0.25, 0.3) is 0 Å². The highest BCUT2D eigenvalue weighted by Gasteiger charge is 2.10. The predicted octanol–water partition coefficient (Wildman–Crippen LogP) is 4.52. The predicted molar refractivity (Wildman–Crippen MR) is 85.1 cm³/mol. The van der Waals surface area contributed by atoms with Gasteiger partial charge in [0, 0.05) is 14.7 Å². The van der Waals surface area contributed by atoms with Gasteiger partial charge in [0.15, 0.2) is 0 Å². The summed E-state index contributed by atoms with van der Waals surface area (Å²) in [4.78, 5) is 13.6. The first-order chi connectivity index (χ1) is 10.2. The zero-order chi connectivity index (χ0) is 15.2. The van der Waals surface area contributed by atoms with Gasteiger partial charge in [-0.3, -0.25) is 0 Å². The number of thioether (sulfide) groups is 1. The molecule has 2 rings (SSSR count). The van der Waals surface area contributed by atoms with E-state index >= 15 is 0 Å². The summed E-state index contributed by atoms with van der Waals surface area (Å²) in [6, 6.07) is 14.7. The zero-order valence-electron chi connectivity index (χ0n) is 11.4. The summed E-state index contributed by atoms with van der Waals surface area (Å²) >= 11 is 3.04. The van der Waals surface area contributed by atoms with Gasteiger partial charge in [-0.25, -0.2) is 4.79 Å². The van der Waals surface area contributed by atoms with Crippen LogP contribution in [0.3, 0.4) is 0 Å². The van der Waals surface area contributed by atoms with Crippen LogP contribution in [0, 0.1) is 11.3 Å². The largest absolute Gasteiger partial charge is 0.478 e. The molecular weight excluding hydrogens is 302 g/mol. The van der Waals surface area contributed by atoms with Crippen molar-refractivity contribution >= 4 is 29.5 Å². The molecule has 0 unspecified atom stereocenters. The van der Waals surface area contributed by atoms with Gasteiger partial charge < -0.3 is 5.11 Å². The molecule has 1 N–H and O–H groups in total. The molecule has 0 aliphatic carbocycles. The quantitative estimate of drug-likeness (QED) is 0.822. The standard InChI is InChI=1S/C16H13NO2S2/c1-2-20-14-7-4-8-15(13(14)10-17)21-12-6-3-5-11(9-12)16(18)19/h3-9H,2H2,1H3,(H,18,19). The van der Waals surface area contributed by atoms with Crippen LogP contribution < -0.4 is 0 Å². The Bertz CT molecular complexity index is 708. The summed E-state index contributed by atoms with van der Waals surface area (Å²) in [6.45, 7) is 2.04. The molecular formula is C16H13NO2S2.